The molecule has 0 saturated carbocycles. The fourth-order valence-electron chi connectivity index (χ4n) is 2.40. The van der Waals surface area contributed by atoms with Crippen molar-refractivity contribution in [2.24, 2.45) is 11.7 Å². The van der Waals surface area contributed by atoms with Gasteiger partial charge in [-0.2, -0.15) is 0 Å². The Kier molecular flexibility index (Phi) is 7.67. The van der Waals surface area contributed by atoms with E-state index in [0.29, 0.717) is 40.6 Å². The lowest BCUT2D eigenvalue weighted by Gasteiger charge is -2.15. The zero-order valence-electron chi connectivity index (χ0n) is 15.6. The van der Waals surface area contributed by atoms with Gasteiger partial charge >= 0.3 is 0 Å². The van der Waals surface area contributed by atoms with Crippen molar-refractivity contribution in [3.8, 4) is 0 Å². The van der Waals surface area contributed by atoms with Gasteiger partial charge in [-0.15, -0.1) is 10.2 Å². The number of hydrogen-bond donors (Lipinski definition) is 2. The molecule has 0 bridgehead atoms. The van der Waals surface area contributed by atoms with Gasteiger partial charge in [0, 0.05) is 30.1 Å². The van der Waals surface area contributed by atoms with Crippen molar-refractivity contribution in [1.82, 2.24) is 14.8 Å². The molecular weight excluding hydrogens is 386 g/mol. The SMILES string of the molecule is CC(C)Cn1c(CCC(N)=O)nnc1S[C@@H](C)C(=O)Nc1cccc(Cl)c1. The molecule has 2 rings (SSSR count). The van der Waals surface area contributed by atoms with Crippen molar-refractivity contribution in [2.75, 3.05) is 5.32 Å². The lowest BCUT2D eigenvalue weighted by molar-refractivity contribution is -0.118. The molecule has 27 heavy (non-hydrogen) atoms. The third-order valence-electron chi connectivity index (χ3n) is 3.68. The van der Waals surface area contributed by atoms with Gasteiger partial charge in [0.05, 0.1) is 5.25 Å². The smallest absolute Gasteiger partial charge is 0.237 e. The molecule has 146 valence electrons. The van der Waals surface area contributed by atoms with Crippen molar-refractivity contribution in [3.63, 3.8) is 0 Å². The van der Waals surface area contributed by atoms with Gasteiger partial charge in [0.15, 0.2) is 5.16 Å². The van der Waals surface area contributed by atoms with Gasteiger partial charge in [-0.1, -0.05) is 43.3 Å². The summed E-state index contributed by atoms with van der Waals surface area (Å²) in [6.45, 7) is 6.68. The van der Waals surface area contributed by atoms with Crippen LogP contribution in [-0.2, 0) is 22.6 Å². The number of primary amides is 1. The van der Waals surface area contributed by atoms with E-state index in [1.165, 1.54) is 11.8 Å². The van der Waals surface area contributed by atoms with E-state index in [9.17, 15) is 9.59 Å². The number of hydrogen-bond acceptors (Lipinski definition) is 5. The lowest BCUT2D eigenvalue weighted by Crippen LogP contribution is -2.23. The Morgan fingerprint density at radius 3 is 2.67 bits per heavy atom. The highest BCUT2D eigenvalue weighted by molar-refractivity contribution is 8.00. The van der Waals surface area contributed by atoms with Crippen LogP contribution in [0.15, 0.2) is 29.4 Å². The number of nitrogens with one attached hydrogen (secondary N) is 1. The summed E-state index contributed by atoms with van der Waals surface area (Å²) < 4.78 is 1.96. The topological polar surface area (TPSA) is 103 Å². The first kappa shape index (κ1) is 21.2. The van der Waals surface area contributed by atoms with Crippen LogP contribution < -0.4 is 11.1 Å². The number of aromatic nitrogens is 3. The highest BCUT2D eigenvalue weighted by atomic mass is 35.5. The van der Waals surface area contributed by atoms with Gasteiger partial charge in [0.1, 0.15) is 5.82 Å². The van der Waals surface area contributed by atoms with Crippen molar-refractivity contribution < 1.29 is 9.59 Å². The molecule has 1 aromatic heterocycles. The highest BCUT2D eigenvalue weighted by Crippen LogP contribution is 2.25. The Morgan fingerprint density at radius 2 is 2.04 bits per heavy atom. The van der Waals surface area contributed by atoms with Gasteiger partial charge in [0.2, 0.25) is 11.8 Å². The third-order valence-corrected chi connectivity index (χ3v) is 5.00. The predicted octanol–water partition coefficient (Wildman–Crippen LogP) is 3.12. The standard InChI is InChI=1S/C18H24ClN5O2S/c1-11(2)10-24-16(8-7-15(20)25)22-23-18(24)27-12(3)17(26)21-14-6-4-5-13(19)9-14/h4-6,9,11-12H,7-8,10H2,1-3H3,(H2,20,25)(H,21,26)/t12-/m0/s1. The molecule has 0 aliphatic carbocycles. The van der Waals surface area contributed by atoms with E-state index < -0.39 is 0 Å². The Bertz CT molecular complexity index is 809. The Balaban J connectivity index is 2.09. The first-order valence-corrected chi connectivity index (χ1v) is 9.95. The van der Waals surface area contributed by atoms with Crippen LogP contribution >= 0.6 is 23.4 Å². The quantitative estimate of drug-likeness (QED) is 0.619. The summed E-state index contributed by atoms with van der Waals surface area (Å²) in [5.41, 5.74) is 5.88. The van der Waals surface area contributed by atoms with Crippen LogP contribution in [0.5, 0.6) is 0 Å². The molecule has 9 heteroatoms. The third kappa shape index (κ3) is 6.55. The number of amides is 2. The summed E-state index contributed by atoms with van der Waals surface area (Å²) in [5, 5.41) is 12.1. The average Bonchev–Trinajstić information content (AvgIpc) is 2.94. The first-order chi connectivity index (χ1) is 12.8. The average molecular weight is 410 g/mol. The summed E-state index contributed by atoms with van der Waals surface area (Å²) in [4.78, 5) is 23.6. The molecule has 1 aromatic carbocycles. The highest BCUT2D eigenvalue weighted by Gasteiger charge is 2.21. The van der Waals surface area contributed by atoms with Crippen LogP contribution in [0.2, 0.25) is 5.02 Å². The van der Waals surface area contributed by atoms with E-state index >= 15 is 0 Å². The van der Waals surface area contributed by atoms with Crippen molar-refractivity contribution in [3.05, 3.63) is 35.1 Å². The van der Waals surface area contributed by atoms with E-state index in [1.807, 2.05) is 11.5 Å². The number of aryl methyl sites for hydroxylation is 1. The Labute approximate surface area is 168 Å². The summed E-state index contributed by atoms with van der Waals surface area (Å²) >= 11 is 7.28. The van der Waals surface area contributed by atoms with E-state index in [1.54, 1.807) is 24.3 Å². The lowest BCUT2D eigenvalue weighted by atomic mass is 10.2. The number of nitrogens with zero attached hydrogens (tertiary/aromatic N) is 3. The maximum Gasteiger partial charge on any atom is 0.237 e. The second-order valence-electron chi connectivity index (χ2n) is 6.63. The van der Waals surface area contributed by atoms with Crippen LogP contribution in [0.4, 0.5) is 5.69 Å². The van der Waals surface area contributed by atoms with E-state index in [4.69, 9.17) is 17.3 Å². The molecule has 0 unspecified atom stereocenters. The molecule has 0 aliphatic rings. The largest absolute Gasteiger partial charge is 0.370 e. The number of anilines is 1. The zero-order chi connectivity index (χ0) is 20.0. The van der Waals surface area contributed by atoms with Crippen LogP contribution in [0.3, 0.4) is 0 Å². The minimum absolute atomic E-state index is 0.153. The van der Waals surface area contributed by atoms with Gasteiger partial charge in [-0.25, -0.2) is 0 Å². The summed E-state index contributed by atoms with van der Waals surface area (Å²) in [6, 6.07) is 7.00. The summed E-state index contributed by atoms with van der Waals surface area (Å²) in [7, 11) is 0. The first-order valence-electron chi connectivity index (χ1n) is 8.69. The van der Waals surface area contributed by atoms with E-state index in [0.717, 1.165) is 0 Å². The number of halogens is 1. The molecule has 0 aliphatic heterocycles. The van der Waals surface area contributed by atoms with Crippen molar-refractivity contribution >= 4 is 40.9 Å². The van der Waals surface area contributed by atoms with Gasteiger partial charge in [-0.05, 0) is 31.0 Å². The molecule has 1 atom stereocenters. The number of thioether (sulfide) groups is 1. The summed E-state index contributed by atoms with van der Waals surface area (Å²) in [6.07, 6.45) is 0.643. The van der Waals surface area contributed by atoms with Crippen molar-refractivity contribution in [2.45, 2.75) is 50.6 Å². The maximum absolute atomic E-state index is 12.5. The molecule has 2 aromatic rings. The minimum Gasteiger partial charge on any atom is -0.370 e. The van der Waals surface area contributed by atoms with E-state index in [2.05, 4.69) is 29.4 Å². The number of carbonyl (C=O) groups is 2. The molecule has 0 spiro atoms. The number of carbonyl (C=O) groups excluding carboxylic acids is 2. The number of benzene rings is 1. The van der Waals surface area contributed by atoms with E-state index in [-0.39, 0.29) is 23.5 Å². The predicted molar refractivity (Wildman–Crippen MR) is 108 cm³/mol. The van der Waals surface area contributed by atoms with Crippen LogP contribution in [-0.4, -0.2) is 31.8 Å². The Hall–Kier alpha value is -2.06. The maximum atomic E-state index is 12.5. The number of nitrogens with two attached hydrogens (primary N) is 1. The van der Waals surface area contributed by atoms with Gasteiger partial charge in [-0.3, -0.25) is 9.59 Å². The van der Waals surface area contributed by atoms with Crippen molar-refractivity contribution in [1.29, 1.82) is 0 Å². The van der Waals surface area contributed by atoms with Gasteiger partial charge < -0.3 is 15.6 Å². The van der Waals surface area contributed by atoms with Crippen LogP contribution in [0, 0.1) is 5.92 Å². The normalized spacial score (nSPS) is 12.2. The monoisotopic (exact) mass is 409 g/mol. The molecule has 3 N–H and O–H groups in total. The fourth-order valence-corrected chi connectivity index (χ4v) is 3.46. The molecule has 0 fully saturated rings. The molecule has 0 radical (unpaired) electrons. The minimum atomic E-state index is -0.386. The molecule has 0 saturated heterocycles. The van der Waals surface area contributed by atoms with Crippen LogP contribution in [0.1, 0.15) is 33.0 Å². The second kappa shape index (κ2) is 9.75. The molecule has 2 amide bonds. The molecular formula is C18H24ClN5O2S. The second-order valence-corrected chi connectivity index (χ2v) is 8.37. The van der Waals surface area contributed by atoms with Crippen LogP contribution in [0.25, 0.3) is 0 Å². The van der Waals surface area contributed by atoms with Gasteiger partial charge in [0.25, 0.3) is 0 Å². The number of rotatable bonds is 9. The zero-order valence-corrected chi connectivity index (χ0v) is 17.2. The summed E-state index contributed by atoms with van der Waals surface area (Å²) in [5.74, 6) is 0.535. The molecule has 1 heterocycles. The molecule has 7 nitrogen and oxygen atoms in total. The Morgan fingerprint density at radius 1 is 1.30 bits per heavy atom. The fraction of sp³-hybridized carbons (Fsp3) is 0.444.